The first-order valence-electron chi connectivity index (χ1n) is 10.5. The molecule has 0 atom stereocenters. The van der Waals surface area contributed by atoms with Crippen molar-refractivity contribution < 1.29 is 9.47 Å². The van der Waals surface area contributed by atoms with E-state index in [0.29, 0.717) is 37.3 Å². The third kappa shape index (κ3) is 5.62. The molecule has 1 aromatic heterocycles. The number of ether oxygens (including phenoxy) is 2. The van der Waals surface area contributed by atoms with E-state index < -0.39 is 0 Å². The Labute approximate surface area is 192 Å². The molecule has 0 bridgehead atoms. The third-order valence-corrected chi connectivity index (χ3v) is 5.49. The van der Waals surface area contributed by atoms with Crippen LogP contribution < -0.4 is 10.1 Å². The molecule has 2 aromatic carbocycles. The van der Waals surface area contributed by atoms with Crippen LogP contribution in [-0.4, -0.2) is 54.0 Å². The zero-order chi connectivity index (χ0) is 22.3. The summed E-state index contributed by atoms with van der Waals surface area (Å²) in [7, 11) is 1.65. The van der Waals surface area contributed by atoms with E-state index in [1.54, 1.807) is 13.2 Å². The van der Waals surface area contributed by atoms with Crippen LogP contribution >= 0.6 is 11.6 Å². The number of benzene rings is 2. The summed E-state index contributed by atoms with van der Waals surface area (Å²) in [5.41, 5.74) is 3.70. The van der Waals surface area contributed by atoms with Crippen LogP contribution in [0.2, 0.25) is 5.15 Å². The van der Waals surface area contributed by atoms with Gasteiger partial charge in [-0.15, -0.1) is 0 Å². The van der Waals surface area contributed by atoms with Crippen LogP contribution in [0.25, 0.3) is 0 Å². The molecule has 4 rings (SSSR count). The first kappa shape index (κ1) is 22.2. The van der Waals surface area contributed by atoms with E-state index >= 15 is 0 Å². The maximum Gasteiger partial charge on any atom is 0.179 e. The molecule has 0 spiro atoms. The van der Waals surface area contributed by atoms with Crippen molar-refractivity contribution >= 4 is 23.0 Å². The van der Waals surface area contributed by atoms with Gasteiger partial charge >= 0.3 is 0 Å². The molecular weight excluding hydrogens is 426 g/mol. The molecule has 32 heavy (non-hydrogen) atoms. The summed E-state index contributed by atoms with van der Waals surface area (Å²) >= 11 is 6.29. The number of rotatable bonds is 8. The molecule has 8 heteroatoms. The van der Waals surface area contributed by atoms with Crippen molar-refractivity contribution in [2.24, 2.45) is 0 Å². The molecule has 2 N–H and O–H groups in total. The molecule has 1 aliphatic heterocycles. The lowest BCUT2D eigenvalue weighted by molar-refractivity contribution is 0.0336. The van der Waals surface area contributed by atoms with E-state index in [2.05, 4.69) is 20.2 Å². The Kier molecular flexibility index (Phi) is 7.32. The maximum absolute atomic E-state index is 8.79. The van der Waals surface area contributed by atoms with Crippen LogP contribution in [-0.2, 0) is 17.8 Å². The van der Waals surface area contributed by atoms with Gasteiger partial charge in [0, 0.05) is 37.4 Å². The normalized spacial score (nSPS) is 14.2. The van der Waals surface area contributed by atoms with Gasteiger partial charge in [0.15, 0.2) is 5.82 Å². The van der Waals surface area contributed by atoms with Crippen molar-refractivity contribution in [3.05, 3.63) is 82.4 Å². The van der Waals surface area contributed by atoms with Crippen molar-refractivity contribution in [2.75, 3.05) is 38.7 Å². The second-order valence-corrected chi connectivity index (χ2v) is 7.90. The van der Waals surface area contributed by atoms with Gasteiger partial charge < -0.3 is 14.8 Å². The summed E-state index contributed by atoms with van der Waals surface area (Å²) in [6.07, 6.45) is 0. The number of hydrogen-bond donors (Lipinski definition) is 2. The van der Waals surface area contributed by atoms with Gasteiger partial charge in [-0.25, -0.2) is 9.97 Å². The molecule has 3 aromatic rings. The number of hydrogen-bond acceptors (Lipinski definition) is 7. The van der Waals surface area contributed by atoms with Crippen LogP contribution in [0.4, 0.5) is 5.69 Å². The summed E-state index contributed by atoms with van der Waals surface area (Å²) in [4.78, 5) is 11.2. The van der Waals surface area contributed by atoms with Crippen LogP contribution in [0.5, 0.6) is 5.75 Å². The van der Waals surface area contributed by atoms with E-state index in [4.69, 9.17) is 26.5 Å². The molecule has 0 aliphatic carbocycles. The predicted octanol–water partition coefficient (Wildman–Crippen LogP) is 4.00. The van der Waals surface area contributed by atoms with E-state index in [-0.39, 0.29) is 5.71 Å². The SMILES string of the molecule is COc1ccc(CNc2ccccc2C(=N)c2nc(Cl)cc(CN3CCOCC3)n2)cc1. The van der Waals surface area contributed by atoms with Crippen molar-refractivity contribution in [3.8, 4) is 5.75 Å². The Morgan fingerprint density at radius 2 is 1.88 bits per heavy atom. The quantitative estimate of drug-likeness (QED) is 0.398. The fraction of sp³-hybridized carbons (Fsp3) is 0.292. The fourth-order valence-electron chi connectivity index (χ4n) is 3.56. The van der Waals surface area contributed by atoms with E-state index in [1.165, 1.54) is 0 Å². The summed E-state index contributed by atoms with van der Waals surface area (Å²) in [5.74, 6) is 1.14. The number of para-hydroxylation sites is 1. The third-order valence-electron chi connectivity index (χ3n) is 5.30. The number of halogens is 1. The molecule has 1 fully saturated rings. The first-order chi connectivity index (χ1) is 15.6. The first-order valence-corrected chi connectivity index (χ1v) is 10.9. The number of anilines is 1. The van der Waals surface area contributed by atoms with E-state index in [0.717, 1.165) is 41.3 Å². The fourth-order valence-corrected chi connectivity index (χ4v) is 3.77. The predicted molar refractivity (Wildman–Crippen MR) is 126 cm³/mol. The number of nitrogens with one attached hydrogen (secondary N) is 2. The molecule has 0 unspecified atom stereocenters. The van der Waals surface area contributed by atoms with E-state index in [1.807, 2.05) is 48.5 Å². The van der Waals surface area contributed by atoms with Gasteiger partial charge in [0.25, 0.3) is 0 Å². The van der Waals surface area contributed by atoms with Crippen molar-refractivity contribution in [3.63, 3.8) is 0 Å². The largest absolute Gasteiger partial charge is 0.497 e. The van der Waals surface area contributed by atoms with Gasteiger partial charge in [-0.1, -0.05) is 41.9 Å². The summed E-state index contributed by atoms with van der Waals surface area (Å²) in [5, 5.41) is 12.5. The zero-order valence-corrected chi connectivity index (χ0v) is 18.7. The minimum Gasteiger partial charge on any atom is -0.497 e. The average molecular weight is 452 g/mol. The lowest BCUT2D eigenvalue weighted by Crippen LogP contribution is -2.36. The summed E-state index contributed by atoms with van der Waals surface area (Å²) < 4.78 is 10.6. The molecule has 0 amide bonds. The van der Waals surface area contributed by atoms with Crippen LogP contribution in [0.3, 0.4) is 0 Å². The molecule has 166 valence electrons. The van der Waals surface area contributed by atoms with E-state index in [9.17, 15) is 0 Å². The molecule has 1 aliphatic rings. The molecule has 7 nitrogen and oxygen atoms in total. The monoisotopic (exact) mass is 451 g/mol. The van der Waals surface area contributed by atoms with Crippen LogP contribution in [0.15, 0.2) is 54.6 Å². The Balaban J connectivity index is 1.51. The highest BCUT2D eigenvalue weighted by molar-refractivity contribution is 6.29. The number of methoxy groups -OCH3 is 1. The van der Waals surface area contributed by atoms with Crippen LogP contribution in [0.1, 0.15) is 22.6 Å². The smallest absolute Gasteiger partial charge is 0.179 e. The van der Waals surface area contributed by atoms with Crippen molar-refractivity contribution in [1.29, 1.82) is 5.41 Å². The standard InChI is InChI=1S/C24H26ClN5O2/c1-31-19-8-6-17(7-9-19)15-27-21-5-3-2-4-20(21)23(26)24-28-18(14-22(25)29-24)16-30-10-12-32-13-11-30/h2-9,14,26-27H,10-13,15-16H2,1H3. The van der Waals surface area contributed by atoms with Gasteiger partial charge in [0.1, 0.15) is 16.6 Å². The van der Waals surface area contributed by atoms with Crippen LogP contribution in [0, 0.1) is 5.41 Å². The van der Waals surface area contributed by atoms with Gasteiger partial charge in [-0.3, -0.25) is 10.3 Å². The molecular formula is C24H26ClN5O2. The Morgan fingerprint density at radius 1 is 1.12 bits per heavy atom. The van der Waals surface area contributed by atoms with Gasteiger partial charge in [-0.05, 0) is 29.8 Å². The van der Waals surface area contributed by atoms with Crippen molar-refractivity contribution in [2.45, 2.75) is 13.1 Å². The Morgan fingerprint density at radius 3 is 2.62 bits per heavy atom. The Hall–Kier alpha value is -3.00. The highest BCUT2D eigenvalue weighted by Crippen LogP contribution is 2.21. The van der Waals surface area contributed by atoms with Gasteiger partial charge in [0.2, 0.25) is 0 Å². The van der Waals surface area contributed by atoms with Gasteiger partial charge in [0.05, 0.1) is 26.0 Å². The average Bonchev–Trinajstić information content (AvgIpc) is 2.83. The zero-order valence-electron chi connectivity index (χ0n) is 18.0. The minimum absolute atomic E-state index is 0.230. The molecule has 0 radical (unpaired) electrons. The van der Waals surface area contributed by atoms with Gasteiger partial charge in [-0.2, -0.15) is 0 Å². The minimum atomic E-state index is 0.230. The second kappa shape index (κ2) is 10.5. The van der Waals surface area contributed by atoms with Crippen molar-refractivity contribution in [1.82, 2.24) is 14.9 Å². The number of aromatic nitrogens is 2. The number of nitrogens with zero attached hydrogens (tertiary/aromatic N) is 3. The molecule has 0 saturated carbocycles. The summed E-state index contributed by atoms with van der Waals surface area (Å²) in [6, 6.07) is 17.3. The topological polar surface area (TPSA) is 83.4 Å². The second-order valence-electron chi connectivity index (χ2n) is 7.52. The molecule has 1 saturated heterocycles. The highest BCUT2D eigenvalue weighted by atomic mass is 35.5. The highest BCUT2D eigenvalue weighted by Gasteiger charge is 2.17. The molecule has 2 heterocycles. The summed E-state index contributed by atoms with van der Waals surface area (Å²) in [6.45, 7) is 4.42. The lowest BCUT2D eigenvalue weighted by Gasteiger charge is -2.26. The number of morpholine rings is 1. The Bertz CT molecular complexity index is 1070. The maximum atomic E-state index is 8.79. The lowest BCUT2D eigenvalue weighted by atomic mass is 10.1.